The normalized spacial score (nSPS) is 20.1. The second kappa shape index (κ2) is 6.61. The molecule has 0 fully saturated rings. The number of ketones is 1. The maximum absolute atomic E-state index is 12.7. The van der Waals surface area contributed by atoms with Crippen molar-refractivity contribution in [3.05, 3.63) is 65.4 Å². The van der Waals surface area contributed by atoms with E-state index in [9.17, 15) is 4.79 Å². The SMILES string of the molecule is C[C@@]1(c2cccc(CC(=O)c3onc4ccccc34)c2)CCSC(N)=N1. The molecule has 4 rings (SSSR count). The van der Waals surface area contributed by atoms with Crippen LogP contribution in [-0.4, -0.2) is 21.9 Å². The highest BCUT2D eigenvalue weighted by Gasteiger charge is 2.29. The van der Waals surface area contributed by atoms with Crippen LogP contribution >= 0.6 is 11.8 Å². The fraction of sp³-hybridized carbons (Fsp3) is 0.250. The monoisotopic (exact) mass is 365 g/mol. The molecule has 2 heterocycles. The number of fused-ring (bicyclic) bond motifs is 1. The molecular weight excluding hydrogens is 346 g/mol. The van der Waals surface area contributed by atoms with Crippen molar-refractivity contribution in [1.29, 1.82) is 0 Å². The third-order valence-electron chi connectivity index (χ3n) is 4.75. The Kier molecular flexibility index (Phi) is 4.28. The van der Waals surface area contributed by atoms with E-state index in [4.69, 9.17) is 10.3 Å². The summed E-state index contributed by atoms with van der Waals surface area (Å²) in [6, 6.07) is 15.4. The first-order valence-electron chi connectivity index (χ1n) is 8.50. The lowest BCUT2D eigenvalue weighted by molar-refractivity contribution is 0.0960. The van der Waals surface area contributed by atoms with Gasteiger partial charge in [0.25, 0.3) is 0 Å². The molecule has 0 amide bonds. The van der Waals surface area contributed by atoms with Crippen LogP contribution < -0.4 is 5.73 Å². The van der Waals surface area contributed by atoms with Crippen LogP contribution in [0.4, 0.5) is 0 Å². The fourth-order valence-electron chi connectivity index (χ4n) is 3.27. The number of carbonyl (C=O) groups excluding carboxylic acids is 1. The maximum atomic E-state index is 12.7. The number of nitrogens with two attached hydrogens (primary N) is 1. The zero-order chi connectivity index (χ0) is 18.1. The molecule has 1 aromatic heterocycles. The lowest BCUT2D eigenvalue weighted by atomic mass is 9.88. The van der Waals surface area contributed by atoms with E-state index in [2.05, 4.69) is 17.1 Å². The number of thioether (sulfide) groups is 1. The molecule has 3 aromatic rings. The predicted octanol–water partition coefficient (Wildman–Crippen LogP) is 3.92. The van der Waals surface area contributed by atoms with Crippen molar-refractivity contribution in [3.8, 4) is 0 Å². The van der Waals surface area contributed by atoms with Gasteiger partial charge in [0, 0.05) is 12.2 Å². The van der Waals surface area contributed by atoms with Crippen LogP contribution in [-0.2, 0) is 12.0 Å². The number of aromatic nitrogens is 1. The molecule has 0 saturated carbocycles. The third kappa shape index (κ3) is 3.12. The number of aliphatic imine (C=N–C) groups is 1. The molecule has 1 aliphatic rings. The van der Waals surface area contributed by atoms with Gasteiger partial charge in [0.1, 0.15) is 5.52 Å². The van der Waals surface area contributed by atoms with Crippen LogP contribution in [0.3, 0.4) is 0 Å². The number of rotatable bonds is 4. The van der Waals surface area contributed by atoms with Crippen molar-refractivity contribution in [2.45, 2.75) is 25.3 Å². The Hall–Kier alpha value is -2.60. The number of amidine groups is 1. The van der Waals surface area contributed by atoms with Crippen LogP contribution in [0.5, 0.6) is 0 Å². The first kappa shape index (κ1) is 16.8. The topological polar surface area (TPSA) is 81.5 Å². The Bertz CT molecular complexity index is 1010. The first-order valence-corrected chi connectivity index (χ1v) is 9.49. The molecule has 0 radical (unpaired) electrons. The summed E-state index contributed by atoms with van der Waals surface area (Å²) in [5, 5.41) is 5.33. The van der Waals surface area contributed by atoms with Gasteiger partial charge in [-0.05, 0) is 36.6 Å². The van der Waals surface area contributed by atoms with Gasteiger partial charge in [-0.3, -0.25) is 9.79 Å². The largest absolute Gasteiger partial charge is 0.379 e. The standard InChI is InChI=1S/C20H19N3O2S/c1-20(9-10-26-19(21)22-20)14-6-4-5-13(11-14)12-17(24)18-15-7-2-3-8-16(15)23-25-18/h2-8,11H,9-10,12H2,1H3,(H2,21,22)/t20-/m0/s1. The van der Waals surface area contributed by atoms with Gasteiger partial charge in [0.05, 0.1) is 10.9 Å². The second-order valence-corrected chi connectivity index (χ2v) is 7.77. The molecule has 0 spiro atoms. The molecule has 26 heavy (non-hydrogen) atoms. The average Bonchev–Trinajstić information content (AvgIpc) is 3.06. The minimum atomic E-state index is -0.340. The first-order chi connectivity index (χ1) is 12.5. The van der Waals surface area contributed by atoms with E-state index in [0.29, 0.717) is 16.4 Å². The van der Waals surface area contributed by atoms with Crippen molar-refractivity contribution < 1.29 is 9.32 Å². The van der Waals surface area contributed by atoms with Crippen molar-refractivity contribution in [2.24, 2.45) is 10.7 Å². The summed E-state index contributed by atoms with van der Waals surface area (Å²) in [5.41, 5.74) is 8.29. The second-order valence-electron chi connectivity index (χ2n) is 6.65. The summed E-state index contributed by atoms with van der Waals surface area (Å²) in [4.78, 5) is 17.4. The molecule has 0 unspecified atom stereocenters. The Morgan fingerprint density at radius 2 is 2.12 bits per heavy atom. The van der Waals surface area contributed by atoms with Crippen LogP contribution in [0, 0.1) is 0 Å². The Labute approximate surface area is 155 Å². The fourth-order valence-corrected chi connectivity index (χ4v) is 4.24. The zero-order valence-electron chi connectivity index (χ0n) is 14.4. The van der Waals surface area contributed by atoms with Crippen molar-refractivity contribution in [2.75, 3.05) is 5.75 Å². The van der Waals surface area contributed by atoms with Crippen LogP contribution in [0.2, 0.25) is 0 Å². The van der Waals surface area contributed by atoms with Crippen LogP contribution in [0.15, 0.2) is 58.0 Å². The van der Waals surface area contributed by atoms with E-state index in [-0.39, 0.29) is 17.7 Å². The smallest absolute Gasteiger partial charge is 0.210 e. The molecule has 0 aliphatic carbocycles. The summed E-state index contributed by atoms with van der Waals surface area (Å²) in [7, 11) is 0. The molecule has 5 nitrogen and oxygen atoms in total. The average molecular weight is 365 g/mol. The van der Waals surface area contributed by atoms with Crippen molar-refractivity contribution in [3.63, 3.8) is 0 Å². The van der Waals surface area contributed by atoms with E-state index in [1.165, 1.54) is 0 Å². The predicted molar refractivity (Wildman–Crippen MR) is 105 cm³/mol. The summed E-state index contributed by atoms with van der Waals surface area (Å²) in [6.45, 7) is 2.09. The van der Waals surface area contributed by atoms with Gasteiger partial charge in [0.2, 0.25) is 11.5 Å². The van der Waals surface area contributed by atoms with E-state index >= 15 is 0 Å². The minimum Gasteiger partial charge on any atom is -0.379 e. The molecule has 1 aliphatic heterocycles. The lowest BCUT2D eigenvalue weighted by Gasteiger charge is -2.30. The van der Waals surface area contributed by atoms with Crippen LogP contribution in [0.25, 0.3) is 10.9 Å². The summed E-state index contributed by atoms with van der Waals surface area (Å²) in [6.07, 6.45) is 1.18. The van der Waals surface area contributed by atoms with E-state index in [1.807, 2.05) is 48.5 Å². The zero-order valence-corrected chi connectivity index (χ0v) is 15.3. The molecule has 0 bridgehead atoms. The molecule has 2 aromatic carbocycles. The van der Waals surface area contributed by atoms with Gasteiger partial charge >= 0.3 is 0 Å². The highest BCUT2D eigenvalue weighted by atomic mass is 32.2. The Morgan fingerprint density at radius 1 is 1.27 bits per heavy atom. The Morgan fingerprint density at radius 3 is 2.96 bits per heavy atom. The summed E-state index contributed by atoms with van der Waals surface area (Å²) < 4.78 is 5.29. The minimum absolute atomic E-state index is 0.0804. The number of benzene rings is 2. The number of nitrogens with zero attached hydrogens (tertiary/aromatic N) is 2. The van der Waals surface area contributed by atoms with E-state index in [1.54, 1.807) is 11.8 Å². The van der Waals surface area contributed by atoms with Crippen molar-refractivity contribution in [1.82, 2.24) is 5.16 Å². The summed E-state index contributed by atoms with van der Waals surface area (Å²) >= 11 is 1.58. The maximum Gasteiger partial charge on any atom is 0.210 e. The van der Waals surface area contributed by atoms with Gasteiger partial charge in [0.15, 0.2) is 5.17 Å². The molecule has 2 N–H and O–H groups in total. The molecule has 1 atom stereocenters. The quantitative estimate of drug-likeness (QED) is 0.709. The lowest BCUT2D eigenvalue weighted by Crippen LogP contribution is -2.28. The highest BCUT2D eigenvalue weighted by molar-refractivity contribution is 8.13. The van der Waals surface area contributed by atoms with Gasteiger partial charge in [-0.25, -0.2) is 0 Å². The highest BCUT2D eigenvalue weighted by Crippen LogP contribution is 2.35. The van der Waals surface area contributed by atoms with Gasteiger partial charge in [-0.15, -0.1) is 0 Å². The number of hydrogen-bond donors (Lipinski definition) is 1. The van der Waals surface area contributed by atoms with Crippen molar-refractivity contribution >= 4 is 33.6 Å². The molecule has 0 saturated heterocycles. The molecule has 6 heteroatoms. The number of hydrogen-bond acceptors (Lipinski definition) is 6. The van der Waals surface area contributed by atoms with Crippen LogP contribution in [0.1, 0.15) is 35.0 Å². The van der Waals surface area contributed by atoms with E-state index < -0.39 is 0 Å². The molecule has 132 valence electrons. The Balaban J connectivity index is 1.61. The molecular formula is C20H19N3O2S. The van der Waals surface area contributed by atoms with Gasteiger partial charge < -0.3 is 10.3 Å². The summed E-state index contributed by atoms with van der Waals surface area (Å²) in [5.74, 6) is 1.18. The number of Topliss-reactive ketones (excluding diaryl/α,β-unsaturated/α-hetero) is 1. The van der Waals surface area contributed by atoms with Gasteiger partial charge in [-0.2, -0.15) is 0 Å². The van der Waals surface area contributed by atoms with E-state index in [0.717, 1.165) is 28.7 Å². The number of carbonyl (C=O) groups is 1. The van der Waals surface area contributed by atoms with Gasteiger partial charge in [-0.1, -0.05) is 53.3 Å². The third-order valence-corrected chi connectivity index (χ3v) is 5.54.